The monoisotopic (exact) mass is 599 g/mol. The lowest BCUT2D eigenvalue weighted by Gasteiger charge is -2.36. The fraction of sp³-hybridized carbons (Fsp3) is 0.353. The lowest BCUT2D eigenvalue weighted by Crippen LogP contribution is -2.54. The van der Waals surface area contributed by atoms with E-state index in [2.05, 4.69) is 37.6 Å². The molecule has 0 spiro atoms. The molecule has 2 heterocycles. The number of rotatable bonds is 12. The summed E-state index contributed by atoms with van der Waals surface area (Å²) in [6, 6.07) is 21.1. The number of ether oxygens (including phenoxy) is 3. The van der Waals surface area contributed by atoms with Crippen LogP contribution >= 0.6 is 0 Å². The number of piperazine rings is 1. The van der Waals surface area contributed by atoms with Crippen molar-refractivity contribution in [3.63, 3.8) is 0 Å². The zero-order valence-electron chi connectivity index (χ0n) is 25.8. The minimum Gasteiger partial charge on any atom is -0.493 e. The van der Waals surface area contributed by atoms with Crippen molar-refractivity contribution in [1.29, 1.82) is 0 Å². The number of nitrogens with one attached hydrogen (secondary N) is 3. The average molecular weight is 600 g/mol. The summed E-state index contributed by atoms with van der Waals surface area (Å²) in [5.74, 6) is 0.718. The van der Waals surface area contributed by atoms with Crippen molar-refractivity contribution in [2.45, 2.75) is 25.4 Å². The number of hydrogen-bond donors (Lipinski definition) is 3. The third-order valence-corrected chi connectivity index (χ3v) is 8.26. The molecular weight excluding hydrogens is 558 g/mol. The molecule has 44 heavy (non-hydrogen) atoms. The van der Waals surface area contributed by atoms with E-state index in [-0.39, 0.29) is 30.8 Å². The Labute approximate surface area is 258 Å². The van der Waals surface area contributed by atoms with Crippen LogP contribution in [0.2, 0.25) is 0 Å². The van der Waals surface area contributed by atoms with E-state index >= 15 is 0 Å². The highest BCUT2D eigenvalue weighted by Crippen LogP contribution is 2.38. The molecule has 0 radical (unpaired) electrons. The average Bonchev–Trinajstić information content (AvgIpc) is 3.50. The van der Waals surface area contributed by atoms with Gasteiger partial charge in [0.15, 0.2) is 11.5 Å². The van der Waals surface area contributed by atoms with Crippen LogP contribution in [0.4, 0.5) is 5.69 Å². The molecule has 4 aromatic rings. The predicted molar refractivity (Wildman–Crippen MR) is 172 cm³/mol. The number of nitrogens with zero attached hydrogens (tertiary/aromatic N) is 2. The van der Waals surface area contributed by atoms with Gasteiger partial charge in [-0.2, -0.15) is 0 Å². The maximum atomic E-state index is 13.8. The van der Waals surface area contributed by atoms with Crippen molar-refractivity contribution in [1.82, 2.24) is 20.5 Å². The largest absolute Gasteiger partial charge is 0.493 e. The summed E-state index contributed by atoms with van der Waals surface area (Å²) in [6.45, 7) is 5.60. The molecule has 3 aromatic carbocycles. The van der Waals surface area contributed by atoms with Gasteiger partial charge in [0.1, 0.15) is 6.04 Å². The molecule has 0 bridgehead atoms. The molecule has 2 amide bonds. The van der Waals surface area contributed by atoms with E-state index in [0.29, 0.717) is 17.2 Å². The van der Waals surface area contributed by atoms with Gasteiger partial charge in [-0.05, 0) is 41.5 Å². The molecule has 10 nitrogen and oxygen atoms in total. The van der Waals surface area contributed by atoms with Crippen LogP contribution in [0.5, 0.6) is 17.2 Å². The van der Waals surface area contributed by atoms with Crippen molar-refractivity contribution in [2.24, 2.45) is 0 Å². The molecule has 5 rings (SSSR count). The first kappa shape index (κ1) is 30.7. The van der Waals surface area contributed by atoms with Gasteiger partial charge in [0, 0.05) is 61.4 Å². The van der Waals surface area contributed by atoms with Crippen molar-refractivity contribution >= 4 is 28.4 Å². The molecule has 2 unspecified atom stereocenters. The van der Waals surface area contributed by atoms with Gasteiger partial charge in [-0.3, -0.25) is 14.5 Å². The molecule has 1 fully saturated rings. The summed E-state index contributed by atoms with van der Waals surface area (Å²) >= 11 is 0. The summed E-state index contributed by atoms with van der Waals surface area (Å²) in [7, 11) is 4.65. The van der Waals surface area contributed by atoms with Gasteiger partial charge in [0.05, 0.1) is 27.9 Å². The summed E-state index contributed by atoms with van der Waals surface area (Å²) in [4.78, 5) is 35.0. The molecule has 0 saturated carbocycles. The zero-order valence-corrected chi connectivity index (χ0v) is 25.8. The number of methoxy groups -OCH3 is 3. The minimum absolute atomic E-state index is 0.183. The highest BCUT2D eigenvalue weighted by molar-refractivity contribution is 5.91. The Hall–Kier alpha value is -4.70. The van der Waals surface area contributed by atoms with E-state index in [4.69, 9.17) is 14.2 Å². The number of hydrogen-bond acceptors (Lipinski definition) is 7. The number of amides is 2. The van der Waals surface area contributed by atoms with Gasteiger partial charge >= 0.3 is 0 Å². The Morgan fingerprint density at radius 1 is 0.886 bits per heavy atom. The fourth-order valence-corrected chi connectivity index (χ4v) is 5.83. The Kier molecular flexibility index (Phi) is 9.91. The molecule has 3 N–H and O–H groups in total. The minimum atomic E-state index is -0.797. The number of H-pyrrole nitrogens is 1. The first-order valence-corrected chi connectivity index (χ1v) is 14.9. The Morgan fingerprint density at radius 2 is 1.55 bits per heavy atom. The SMILES string of the molecule is COc1cc(CNC(=O)C(NC(=O)CN2CCN(c3ccccc3)CC2)C(C)c2c[nH]c3ccccc23)cc(OC)c1OC. The first-order chi connectivity index (χ1) is 21.4. The van der Waals surface area contributed by atoms with Gasteiger partial charge in [0.2, 0.25) is 17.6 Å². The molecule has 10 heteroatoms. The second kappa shape index (κ2) is 14.2. The summed E-state index contributed by atoms with van der Waals surface area (Å²) in [6.07, 6.45) is 1.92. The zero-order chi connectivity index (χ0) is 31.1. The predicted octanol–water partition coefficient (Wildman–Crippen LogP) is 3.92. The second-order valence-electron chi connectivity index (χ2n) is 11.0. The Balaban J connectivity index is 1.29. The number of carbonyl (C=O) groups excluding carboxylic acids is 2. The lowest BCUT2D eigenvalue weighted by atomic mass is 9.92. The summed E-state index contributed by atoms with van der Waals surface area (Å²) in [5.41, 5.74) is 3.90. The van der Waals surface area contributed by atoms with Crippen molar-refractivity contribution in [3.05, 3.63) is 84.1 Å². The smallest absolute Gasteiger partial charge is 0.243 e. The van der Waals surface area contributed by atoms with Crippen LogP contribution in [-0.2, 0) is 16.1 Å². The first-order valence-electron chi connectivity index (χ1n) is 14.9. The molecular formula is C34H41N5O5. The van der Waals surface area contributed by atoms with Gasteiger partial charge in [-0.1, -0.05) is 43.3 Å². The van der Waals surface area contributed by atoms with E-state index in [1.807, 2.05) is 55.6 Å². The fourth-order valence-electron chi connectivity index (χ4n) is 5.83. The van der Waals surface area contributed by atoms with Crippen LogP contribution in [0, 0.1) is 0 Å². The molecule has 232 valence electrons. The maximum Gasteiger partial charge on any atom is 0.243 e. The van der Waals surface area contributed by atoms with Crippen LogP contribution in [0.3, 0.4) is 0 Å². The lowest BCUT2D eigenvalue weighted by molar-refractivity contribution is -0.130. The highest BCUT2D eigenvalue weighted by atomic mass is 16.5. The molecule has 1 aliphatic heterocycles. The van der Waals surface area contributed by atoms with Crippen molar-refractivity contribution in [2.75, 3.05) is 59.0 Å². The van der Waals surface area contributed by atoms with E-state index < -0.39 is 6.04 Å². The van der Waals surface area contributed by atoms with Crippen LogP contribution < -0.4 is 29.7 Å². The van der Waals surface area contributed by atoms with E-state index in [1.54, 1.807) is 33.5 Å². The number of aromatic amines is 1. The highest BCUT2D eigenvalue weighted by Gasteiger charge is 2.30. The van der Waals surface area contributed by atoms with Gasteiger partial charge < -0.3 is 34.7 Å². The number of para-hydroxylation sites is 2. The quantitative estimate of drug-likeness (QED) is 0.227. The van der Waals surface area contributed by atoms with Gasteiger partial charge in [-0.25, -0.2) is 0 Å². The second-order valence-corrected chi connectivity index (χ2v) is 11.0. The van der Waals surface area contributed by atoms with Crippen molar-refractivity contribution < 1.29 is 23.8 Å². The number of benzene rings is 3. The number of anilines is 1. The topological polar surface area (TPSA) is 108 Å². The van der Waals surface area contributed by atoms with Crippen LogP contribution in [0.25, 0.3) is 10.9 Å². The summed E-state index contributed by atoms with van der Waals surface area (Å²) in [5, 5.41) is 7.12. The maximum absolute atomic E-state index is 13.8. The molecule has 1 aromatic heterocycles. The van der Waals surface area contributed by atoms with Crippen LogP contribution in [0.15, 0.2) is 72.9 Å². The summed E-state index contributed by atoms with van der Waals surface area (Å²) < 4.78 is 16.4. The standard InChI is InChI=1S/C34H41N5O5/c1-23(27-21-35-28-13-9-8-12-26(27)28)32(34(41)36-20-24-18-29(42-2)33(44-4)30(19-24)43-3)37-31(40)22-38-14-16-39(17-15-38)25-10-6-5-7-11-25/h5-13,18-19,21,23,32,35H,14-17,20,22H2,1-4H3,(H,36,41)(H,37,40). The molecule has 1 aliphatic rings. The van der Waals surface area contributed by atoms with E-state index in [0.717, 1.165) is 48.2 Å². The Bertz CT molecular complexity index is 1540. The third-order valence-electron chi connectivity index (χ3n) is 8.26. The number of carbonyl (C=O) groups is 2. The van der Waals surface area contributed by atoms with Crippen molar-refractivity contribution in [3.8, 4) is 17.2 Å². The molecule has 1 saturated heterocycles. The third kappa shape index (κ3) is 6.92. The van der Waals surface area contributed by atoms with Crippen LogP contribution in [0.1, 0.15) is 24.0 Å². The van der Waals surface area contributed by atoms with Gasteiger partial charge in [-0.15, -0.1) is 0 Å². The van der Waals surface area contributed by atoms with E-state index in [1.165, 1.54) is 5.69 Å². The molecule has 2 atom stereocenters. The van der Waals surface area contributed by atoms with Gasteiger partial charge in [0.25, 0.3) is 0 Å². The Morgan fingerprint density at radius 3 is 2.20 bits per heavy atom. The molecule has 0 aliphatic carbocycles. The number of fused-ring (bicyclic) bond motifs is 1. The van der Waals surface area contributed by atoms with E-state index in [9.17, 15) is 9.59 Å². The number of aromatic nitrogens is 1. The van der Waals surface area contributed by atoms with Crippen LogP contribution in [-0.4, -0.2) is 81.8 Å². The normalized spacial score (nSPS) is 15.0.